The zero-order chi connectivity index (χ0) is 15.5. The topological polar surface area (TPSA) is 36.4 Å². The number of piperazine rings is 1. The van der Waals surface area contributed by atoms with E-state index in [0.717, 1.165) is 24.3 Å². The van der Waals surface area contributed by atoms with E-state index in [9.17, 15) is 9.18 Å². The van der Waals surface area contributed by atoms with Crippen LogP contribution in [0.1, 0.15) is 15.9 Å². The molecule has 1 aliphatic rings. The van der Waals surface area contributed by atoms with Crippen LogP contribution in [0.2, 0.25) is 0 Å². The molecule has 0 bridgehead atoms. The Kier molecular flexibility index (Phi) is 4.04. The first-order valence-corrected chi connectivity index (χ1v) is 7.35. The fourth-order valence-corrected chi connectivity index (χ4v) is 2.67. The first-order valence-electron chi connectivity index (χ1n) is 7.35. The maximum absolute atomic E-state index is 13.0. The zero-order valence-corrected chi connectivity index (χ0v) is 12.5. The molecule has 0 spiro atoms. The van der Waals surface area contributed by atoms with Gasteiger partial charge in [-0.1, -0.05) is 0 Å². The Morgan fingerprint density at radius 2 is 1.77 bits per heavy atom. The molecule has 4 nitrogen and oxygen atoms in total. The maximum atomic E-state index is 13.0. The summed E-state index contributed by atoms with van der Waals surface area (Å²) in [5, 5.41) is 0. The summed E-state index contributed by atoms with van der Waals surface area (Å²) in [6, 6.07) is 8.34. The average molecular weight is 299 g/mol. The van der Waals surface area contributed by atoms with E-state index in [0.29, 0.717) is 18.7 Å². The van der Waals surface area contributed by atoms with Gasteiger partial charge >= 0.3 is 0 Å². The van der Waals surface area contributed by atoms with Crippen molar-refractivity contribution in [3.63, 3.8) is 0 Å². The lowest BCUT2D eigenvalue weighted by molar-refractivity contribution is 0.0746. The minimum atomic E-state index is -0.232. The molecule has 0 N–H and O–H groups in total. The molecular weight excluding hydrogens is 281 g/mol. The highest BCUT2D eigenvalue weighted by molar-refractivity contribution is 5.94. The lowest BCUT2D eigenvalue weighted by atomic mass is 10.1. The van der Waals surface area contributed by atoms with Crippen LogP contribution in [-0.4, -0.2) is 42.0 Å². The van der Waals surface area contributed by atoms with E-state index in [-0.39, 0.29) is 11.7 Å². The van der Waals surface area contributed by atoms with Gasteiger partial charge in [-0.15, -0.1) is 0 Å². The van der Waals surface area contributed by atoms with Crippen molar-refractivity contribution in [2.75, 3.05) is 31.1 Å². The normalized spacial score (nSPS) is 15.0. The van der Waals surface area contributed by atoms with Gasteiger partial charge in [-0.05, 0) is 42.8 Å². The number of anilines is 1. The molecule has 5 heteroatoms. The predicted octanol–water partition coefficient (Wildman–Crippen LogP) is 2.49. The summed E-state index contributed by atoms with van der Waals surface area (Å²) in [4.78, 5) is 20.5. The Bertz CT molecular complexity index is 664. The van der Waals surface area contributed by atoms with E-state index in [2.05, 4.69) is 9.88 Å². The number of aryl methyl sites for hydroxylation is 1. The third kappa shape index (κ3) is 3.08. The number of halogens is 1. The predicted molar refractivity (Wildman–Crippen MR) is 83.5 cm³/mol. The SMILES string of the molecule is Cc1cncc(C(=O)N2CCN(c3ccc(F)cc3)CC2)c1. The van der Waals surface area contributed by atoms with Gasteiger partial charge in [0.25, 0.3) is 5.91 Å². The molecule has 0 aliphatic carbocycles. The molecule has 0 saturated carbocycles. The van der Waals surface area contributed by atoms with E-state index in [1.165, 1.54) is 12.1 Å². The minimum absolute atomic E-state index is 0.0231. The van der Waals surface area contributed by atoms with Gasteiger partial charge in [0.1, 0.15) is 5.82 Å². The highest BCUT2D eigenvalue weighted by atomic mass is 19.1. The lowest BCUT2D eigenvalue weighted by Crippen LogP contribution is -2.48. The van der Waals surface area contributed by atoms with Crippen LogP contribution in [0.3, 0.4) is 0 Å². The second-order valence-corrected chi connectivity index (χ2v) is 5.51. The molecule has 1 amide bonds. The number of hydrogen-bond acceptors (Lipinski definition) is 3. The Morgan fingerprint density at radius 1 is 1.09 bits per heavy atom. The van der Waals surface area contributed by atoms with Gasteiger partial charge in [0.05, 0.1) is 5.56 Å². The van der Waals surface area contributed by atoms with Crippen LogP contribution in [0, 0.1) is 12.7 Å². The van der Waals surface area contributed by atoms with Crippen molar-refractivity contribution < 1.29 is 9.18 Å². The summed E-state index contributed by atoms with van der Waals surface area (Å²) in [6.45, 7) is 4.73. The van der Waals surface area contributed by atoms with Crippen molar-refractivity contribution in [3.05, 3.63) is 59.7 Å². The standard InChI is InChI=1S/C17H18FN3O/c1-13-10-14(12-19-11-13)17(22)21-8-6-20(7-9-21)16-4-2-15(18)3-5-16/h2-5,10-12H,6-9H2,1H3. The first-order chi connectivity index (χ1) is 10.6. The van der Waals surface area contributed by atoms with Crippen LogP contribution < -0.4 is 4.90 Å². The molecule has 1 aliphatic heterocycles. The van der Waals surface area contributed by atoms with E-state index in [1.54, 1.807) is 24.5 Å². The fourth-order valence-electron chi connectivity index (χ4n) is 2.67. The van der Waals surface area contributed by atoms with E-state index in [4.69, 9.17) is 0 Å². The molecule has 3 rings (SSSR count). The number of hydrogen-bond donors (Lipinski definition) is 0. The summed E-state index contributed by atoms with van der Waals surface area (Å²) < 4.78 is 13.0. The molecule has 1 aromatic heterocycles. The van der Waals surface area contributed by atoms with E-state index >= 15 is 0 Å². The highest BCUT2D eigenvalue weighted by Crippen LogP contribution is 2.18. The average Bonchev–Trinajstić information content (AvgIpc) is 2.55. The zero-order valence-electron chi connectivity index (χ0n) is 12.5. The molecule has 1 fully saturated rings. The van der Waals surface area contributed by atoms with Crippen molar-refractivity contribution in [2.45, 2.75) is 6.92 Å². The second kappa shape index (κ2) is 6.13. The smallest absolute Gasteiger partial charge is 0.255 e. The van der Waals surface area contributed by atoms with Crippen molar-refractivity contribution in [1.82, 2.24) is 9.88 Å². The first kappa shape index (κ1) is 14.5. The molecule has 1 saturated heterocycles. The van der Waals surface area contributed by atoms with Gasteiger partial charge < -0.3 is 9.80 Å². The summed E-state index contributed by atoms with van der Waals surface area (Å²) in [5.41, 5.74) is 2.61. The Balaban J connectivity index is 1.64. The van der Waals surface area contributed by atoms with Crippen LogP contribution in [0.4, 0.5) is 10.1 Å². The number of aromatic nitrogens is 1. The molecular formula is C17H18FN3O. The molecule has 114 valence electrons. The summed E-state index contributed by atoms with van der Waals surface area (Å²) in [7, 11) is 0. The lowest BCUT2D eigenvalue weighted by Gasteiger charge is -2.36. The van der Waals surface area contributed by atoms with E-state index < -0.39 is 0 Å². The number of amides is 1. The van der Waals surface area contributed by atoms with Gasteiger partial charge in [0, 0.05) is 44.3 Å². The molecule has 1 aromatic carbocycles. The van der Waals surface area contributed by atoms with Crippen molar-refractivity contribution in [2.24, 2.45) is 0 Å². The molecule has 22 heavy (non-hydrogen) atoms. The second-order valence-electron chi connectivity index (χ2n) is 5.51. The number of rotatable bonds is 2. The Labute approximate surface area is 129 Å². The molecule has 2 aromatic rings. The van der Waals surface area contributed by atoms with Gasteiger partial charge in [-0.3, -0.25) is 9.78 Å². The van der Waals surface area contributed by atoms with Crippen LogP contribution in [0.5, 0.6) is 0 Å². The minimum Gasteiger partial charge on any atom is -0.368 e. The van der Waals surface area contributed by atoms with Gasteiger partial charge in [-0.2, -0.15) is 0 Å². The number of benzene rings is 1. The van der Waals surface area contributed by atoms with Crippen LogP contribution >= 0.6 is 0 Å². The third-order valence-corrected chi connectivity index (χ3v) is 3.88. The molecule has 2 heterocycles. The van der Waals surface area contributed by atoms with Gasteiger partial charge in [-0.25, -0.2) is 4.39 Å². The number of pyridine rings is 1. The Hall–Kier alpha value is -2.43. The molecule has 0 unspecified atom stereocenters. The highest BCUT2D eigenvalue weighted by Gasteiger charge is 2.22. The van der Waals surface area contributed by atoms with Gasteiger partial charge in [0.15, 0.2) is 0 Å². The number of carbonyl (C=O) groups excluding carboxylic acids is 1. The molecule has 0 atom stereocenters. The summed E-state index contributed by atoms with van der Waals surface area (Å²) in [6.07, 6.45) is 3.35. The number of carbonyl (C=O) groups is 1. The molecule has 0 radical (unpaired) electrons. The van der Waals surface area contributed by atoms with E-state index in [1.807, 2.05) is 17.9 Å². The summed E-state index contributed by atoms with van der Waals surface area (Å²) >= 11 is 0. The maximum Gasteiger partial charge on any atom is 0.255 e. The van der Waals surface area contributed by atoms with Crippen molar-refractivity contribution in [1.29, 1.82) is 0 Å². The van der Waals surface area contributed by atoms with Crippen LogP contribution in [0.25, 0.3) is 0 Å². The van der Waals surface area contributed by atoms with Gasteiger partial charge in [0.2, 0.25) is 0 Å². The van der Waals surface area contributed by atoms with Crippen molar-refractivity contribution in [3.8, 4) is 0 Å². The van der Waals surface area contributed by atoms with Crippen molar-refractivity contribution >= 4 is 11.6 Å². The quantitative estimate of drug-likeness (QED) is 0.855. The third-order valence-electron chi connectivity index (χ3n) is 3.88. The van der Waals surface area contributed by atoms with Crippen LogP contribution in [0.15, 0.2) is 42.7 Å². The Morgan fingerprint density at radius 3 is 2.41 bits per heavy atom. The monoisotopic (exact) mass is 299 g/mol. The number of nitrogens with zero attached hydrogens (tertiary/aromatic N) is 3. The fraction of sp³-hybridized carbons (Fsp3) is 0.294. The largest absolute Gasteiger partial charge is 0.368 e. The summed E-state index contributed by atoms with van der Waals surface area (Å²) in [5.74, 6) is -0.209. The van der Waals surface area contributed by atoms with Crippen LogP contribution in [-0.2, 0) is 0 Å².